The molecule has 2 rings (SSSR count). The Bertz CT molecular complexity index is 509. The lowest BCUT2D eigenvalue weighted by Gasteiger charge is -2.22. The maximum absolute atomic E-state index is 12.1. The van der Waals surface area contributed by atoms with Crippen LogP contribution in [0, 0.1) is 5.92 Å². The summed E-state index contributed by atoms with van der Waals surface area (Å²) in [5.41, 5.74) is 0.536. The molecule has 0 aromatic carbocycles. The summed E-state index contributed by atoms with van der Waals surface area (Å²) in [5, 5.41) is 0.136. The highest BCUT2D eigenvalue weighted by Crippen LogP contribution is 2.30. The lowest BCUT2D eigenvalue weighted by atomic mass is 9.86. The first-order valence-electron chi connectivity index (χ1n) is 7.44. The minimum Gasteiger partial charge on any atom is -0.445 e. The topological polar surface area (TPSA) is 60.2 Å². The molecular weight excluding hydrogens is 274 g/mol. The van der Waals surface area contributed by atoms with Crippen molar-refractivity contribution in [2.45, 2.75) is 58.1 Å². The summed E-state index contributed by atoms with van der Waals surface area (Å²) < 4.78 is 17.5. The molecule has 0 N–H and O–H groups in total. The molecule has 0 fully saturated rings. The lowest BCUT2D eigenvalue weighted by molar-refractivity contribution is 0.0937. The predicted molar refractivity (Wildman–Crippen MR) is 79.4 cm³/mol. The number of oxazole rings is 1. The number of hydrogen-bond donors (Lipinski definition) is 0. The standard InChI is InChI=1S/C15H23NO3S/c1-4-6-14-16-15-12(17)8-11(9-13(15)19-14)7-10(3)20(18)5-2/h10-11H,4-9H2,1-3H3. The van der Waals surface area contributed by atoms with Crippen LogP contribution in [0.3, 0.4) is 0 Å². The van der Waals surface area contributed by atoms with Gasteiger partial charge in [-0.3, -0.25) is 9.00 Å². The summed E-state index contributed by atoms with van der Waals surface area (Å²) in [5.74, 6) is 2.41. The van der Waals surface area contributed by atoms with Crippen molar-refractivity contribution in [1.29, 1.82) is 0 Å². The fraction of sp³-hybridized carbons (Fsp3) is 0.733. The van der Waals surface area contributed by atoms with E-state index >= 15 is 0 Å². The van der Waals surface area contributed by atoms with Crippen molar-refractivity contribution in [3.63, 3.8) is 0 Å². The monoisotopic (exact) mass is 297 g/mol. The molecule has 3 unspecified atom stereocenters. The van der Waals surface area contributed by atoms with Crippen molar-refractivity contribution in [2.24, 2.45) is 5.92 Å². The van der Waals surface area contributed by atoms with Gasteiger partial charge in [0.15, 0.2) is 11.7 Å². The fourth-order valence-electron chi connectivity index (χ4n) is 2.80. The SMILES string of the molecule is CCCc1nc2c(o1)CC(CC(C)S(=O)CC)CC2=O. The number of ketones is 1. The van der Waals surface area contributed by atoms with Crippen molar-refractivity contribution in [3.8, 4) is 0 Å². The Morgan fingerprint density at radius 3 is 2.80 bits per heavy atom. The Balaban J connectivity index is 2.07. The number of aryl methyl sites for hydroxylation is 1. The van der Waals surface area contributed by atoms with Gasteiger partial charge in [-0.15, -0.1) is 0 Å². The third-order valence-electron chi connectivity index (χ3n) is 3.82. The molecule has 1 aromatic heterocycles. The van der Waals surface area contributed by atoms with Gasteiger partial charge >= 0.3 is 0 Å². The highest BCUT2D eigenvalue weighted by atomic mass is 32.2. The van der Waals surface area contributed by atoms with Crippen LogP contribution in [0.15, 0.2) is 4.42 Å². The summed E-state index contributed by atoms with van der Waals surface area (Å²) in [7, 11) is -0.798. The van der Waals surface area contributed by atoms with Crippen LogP contribution in [0.4, 0.5) is 0 Å². The summed E-state index contributed by atoms with van der Waals surface area (Å²) in [6.07, 6.45) is 3.82. The van der Waals surface area contributed by atoms with Crippen molar-refractivity contribution in [2.75, 3.05) is 5.75 Å². The van der Waals surface area contributed by atoms with Crippen LogP contribution in [0.5, 0.6) is 0 Å². The van der Waals surface area contributed by atoms with Crippen LogP contribution in [-0.4, -0.2) is 26.0 Å². The molecule has 0 bridgehead atoms. The maximum Gasteiger partial charge on any atom is 0.195 e. The van der Waals surface area contributed by atoms with Crippen LogP contribution in [0.1, 0.15) is 62.2 Å². The van der Waals surface area contributed by atoms with E-state index in [1.54, 1.807) is 0 Å². The Labute approximate surface area is 122 Å². The Kier molecular flexibility index (Phi) is 5.13. The molecule has 0 aliphatic heterocycles. The Morgan fingerprint density at radius 2 is 2.15 bits per heavy atom. The highest BCUT2D eigenvalue weighted by Gasteiger charge is 2.31. The normalized spacial score (nSPS) is 21.6. The molecule has 4 nitrogen and oxygen atoms in total. The summed E-state index contributed by atoms with van der Waals surface area (Å²) in [6.45, 7) is 6.00. The number of rotatable bonds is 6. The highest BCUT2D eigenvalue weighted by molar-refractivity contribution is 7.85. The first-order chi connectivity index (χ1) is 9.55. The zero-order valence-corrected chi connectivity index (χ0v) is 13.3. The third kappa shape index (κ3) is 3.37. The average Bonchev–Trinajstić information content (AvgIpc) is 2.81. The minimum absolute atomic E-state index is 0.0804. The quantitative estimate of drug-likeness (QED) is 0.810. The molecule has 1 heterocycles. The molecule has 0 radical (unpaired) electrons. The van der Waals surface area contributed by atoms with Crippen molar-refractivity contribution >= 4 is 16.6 Å². The number of carbonyl (C=O) groups excluding carboxylic acids is 1. The summed E-state index contributed by atoms with van der Waals surface area (Å²) in [6, 6.07) is 0. The third-order valence-corrected chi connectivity index (χ3v) is 5.48. The number of carbonyl (C=O) groups is 1. The van der Waals surface area contributed by atoms with Crippen molar-refractivity contribution < 1.29 is 13.4 Å². The zero-order valence-electron chi connectivity index (χ0n) is 12.5. The van der Waals surface area contributed by atoms with E-state index in [2.05, 4.69) is 11.9 Å². The van der Waals surface area contributed by atoms with E-state index in [9.17, 15) is 9.00 Å². The van der Waals surface area contributed by atoms with E-state index in [1.807, 2.05) is 13.8 Å². The zero-order chi connectivity index (χ0) is 14.7. The maximum atomic E-state index is 12.1. The van der Waals surface area contributed by atoms with Gasteiger partial charge in [0.2, 0.25) is 0 Å². The molecule has 0 saturated heterocycles. The van der Waals surface area contributed by atoms with Gasteiger partial charge in [-0.05, 0) is 18.8 Å². The van der Waals surface area contributed by atoms with Gasteiger partial charge in [-0.25, -0.2) is 4.98 Å². The number of aromatic nitrogens is 1. The van der Waals surface area contributed by atoms with Crippen LogP contribution in [0.25, 0.3) is 0 Å². The molecule has 5 heteroatoms. The lowest BCUT2D eigenvalue weighted by Crippen LogP contribution is -2.25. The molecule has 0 spiro atoms. The molecule has 1 aliphatic carbocycles. The first-order valence-corrected chi connectivity index (χ1v) is 8.82. The van der Waals surface area contributed by atoms with E-state index in [0.29, 0.717) is 23.8 Å². The number of nitrogens with zero attached hydrogens (tertiary/aromatic N) is 1. The van der Waals surface area contributed by atoms with E-state index < -0.39 is 10.8 Å². The Hall–Kier alpha value is -0.970. The fourth-order valence-corrected chi connectivity index (χ4v) is 3.85. The second-order valence-corrected chi connectivity index (χ2v) is 7.69. The number of fused-ring (bicyclic) bond motifs is 1. The molecule has 1 aliphatic rings. The second-order valence-electron chi connectivity index (χ2n) is 5.54. The van der Waals surface area contributed by atoms with Gasteiger partial charge in [0.1, 0.15) is 11.5 Å². The van der Waals surface area contributed by atoms with Gasteiger partial charge < -0.3 is 4.42 Å². The van der Waals surface area contributed by atoms with Gasteiger partial charge in [0, 0.05) is 41.1 Å². The van der Waals surface area contributed by atoms with Crippen LogP contribution < -0.4 is 0 Å². The second kappa shape index (κ2) is 6.66. The average molecular weight is 297 g/mol. The van der Waals surface area contributed by atoms with Crippen LogP contribution in [-0.2, 0) is 23.6 Å². The minimum atomic E-state index is -0.798. The van der Waals surface area contributed by atoms with Crippen molar-refractivity contribution in [1.82, 2.24) is 4.98 Å². The molecular formula is C15H23NO3S. The largest absolute Gasteiger partial charge is 0.445 e. The number of Topliss-reactive ketones (excluding diaryl/α,β-unsaturated/α-hetero) is 1. The summed E-state index contributed by atoms with van der Waals surface area (Å²) in [4.78, 5) is 16.4. The van der Waals surface area contributed by atoms with E-state index in [-0.39, 0.29) is 17.0 Å². The van der Waals surface area contributed by atoms with Gasteiger partial charge in [-0.2, -0.15) is 0 Å². The van der Waals surface area contributed by atoms with Crippen LogP contribution in [0.2, 0.25) is 0 Å². The smallest absolute Gasteiger partial charge is 0.195 e. The molecule has 1 aromatic rings. The molecule has 0 saturated carbocycles. The Morgan fingerprint density at radius 1 is 1.40 bits per heavy atom. The number of hydrogen-bond acceptors (Lipinski definition) is 4. The van der Waals surface area contributed by atoms with Gasteiger partial charge in [0.25, 0.3) is 0 Å². The van der Waals surface area contributed by atoms with Gasteiger partial charge in [-0.1, -0.05) is 20.8 Å². The molecule has 0 amide bonds. The molecule has 3 atom stereocenters. The van der Waals surface area contributed by atoms with Gasteiger partial charge in [0.05, 0.1) is 0 Å². The van der Waals surface area contributed by atoms with E-state index in [0.717, 1.165) is 31.4 Å². The van der Waals surface area contributed by atoms with Crippen LogP contribution >= 0.6 is 0 Å². The van der Waals surface area contributed by atoms with Crippen molar-refractivity contribution in [3.05, 3.63) is 17.3 Å². The summed E-state index contributed by atoms with van der Waals surface area (Å²) >= 11 is 0. The molecule has 20 heavy (non-hydrogen) atoms. The molecule has 112 valence electrons. The predicted octanol–water partition coefficient (Wildman–Crippen LogP) is 2.92. The van der Waals surface area contributed by atoms with E-state index in [4.69, 9.17) is 4.42 Å². The first kappa shape index (κ1) is 15.4. The van der Waals surface area contributed by atoms with E-state index in [1.165, 1.54) is 0 Å².